The topological polar surface area (TPSA) is 72.4 Å². The lowest BCUT2D eigenvalue weighted by Crippen LogP contribution is -2.30. The molecular formula is C16H13N3O3S. The second kappa shape index (κ2) is 5.92. The summed E-state index contributed by atoms with van der Waals surface area (Å²) in [6.07, 6.45) is 2.44. The number of carbonyl (C=O) groups is 1. The van der Waals surface area contributed by atoms with Gasteiger partial charge in [-0.25, -0.2) is 0 Å². The molecule has 0 bridgehead atoms. The minimum Gasteiger partial charge on any atom is -0.459 e. The van der Waals surface area contributed by atoms with Gasteiger partial charge in [0.1, 0.15) is 0 Å². The van der Waals surface area contributed by atoms with Crippen LogP contribution in [-0.4, -0.2) is 28.4 Å². The van der Waals surface area contributed by atoms with Gasteiger partial charge in [0.25, 0.3) is 11.1 Å². The molecule has 0 saturated carbocycles. The average Bonchev–Trinajstić information content (AvgIpc) is 3.31. The van der Waals surface area contributed by atoms with Crippen molar-refractivity contribution in [3.63, 3.8) is 0 Å². The highest BCUT2D eigenvalue weighted by Gasteiger charge is 2.24. The maximum Gasteiger partial charge on any atom is 0.284 e. The van der Waals surface area contributed by atoms with Crippen LogP contribution in [0.4, 0.5) is 5.69 Å². The third kappa shape index (κ3) is 2.75. The van der Waals surface area contributed by atoms with Gasteiger partial charge < -0.3 is 13.7 Å². The first-order chi connectivity index (χ1) is 11.3. The van der Waals surface area contributed by atoms with Crippen LogP contribution in [0.1, 0.15) is 5.56 Å². The molecule has 1 aliphatic rings. The average molecular weight is 327 g/mol. The van der Waals surface area contributed by atoms with Crippen LogP contribution in [0.5, 0.6) is 0 Å². The number of carbonyl (C=O) groups excluding carboxylic acids is 1. The number of amides is 1. The summed E-state index contributed by atoms with van der Waals surface area (Å²) >= 11 is 1.23. The summed E-state index contributed by atoms with van der Waals surface area (Å²) in [6, 6.07) is 11.5. The van der Waals surface area contributed by atoms with Crippen LogP contribution in [0.2, 0.25) is 0 Å². The Morgan fingerprint density at radius 3 is 3.00 bits per heavy atom. The van der Waals surface area contributed by atoms with Gasteiger partial charge in [0.05, 0.1) is 12.0 Å². The minimum absolute atomic E-state index is 0.0395. The van der Waals surface area contributed by atoms with Crippen LogP contribution in [0.3, 0.4) is 0 Å². The van der Waals surface area contributed by atoms with Crippen LogP contribution >= 0.6 is 11.8 Å². The van der Waals surface area contributed by atoms with E-state index in [1.54, 1.807) is 18.4 Å². The van der Waals surface area contributed by atoms with E-state index < -0.39 is 0 Å². The van der Waals surface area contributed by atoms with Crippen molar-refractivity contribution in [1.29, 1.82) is 0 Å². The SMILES string of the molecule is O=C(CSc1nnc(-c2ccco2)o1)N1CCc2ccccc21. The van der Waals surface area contributed by atoms with E-state index in [0.717, 1.165) is 18.7 Å². The molecule has 23 heavy (non-hydrogen) atoms. The van der Waals surface area contributed by atoms with Crippen molar-refractivity contribution in [1.82, 2.24) is 10.2 Å². The van der Waals surface area contributed by atoms with Crippen molar-refractivity contribution in [2.24, 2.45) is 0 Å². The molecule has 7 heteroatoms. The van der Waals surface area contributed by atoms with Gasteiger partial charge in [0, 0.05) is 12.2 Å². The smallest absolute Gasteiger partial charge is 0.284 e. The van der Waals surface area contributed by atoms with Gasteiger partial charge in [-0.3, -0.25) is 4.79 Å². The predicted molar refractivity (Wildman–Crippen MR) is 85.2 cm³/mol. The summed E-state index contributed by atoms with van der Waals surface area (Å²) < 4.78 is 10.7. The second-order valence-electron chi connectivity index (χ2n) is 5.06. The Hall–Kier alpha value is -2.54. The van der Waals surface area contributed by atoms with Crippen molar-refractivity contribution >= 4 is 23.4 Å². The van der Waals surface area contributed by atoms with E-state index in [2.05, 4.69) is 16.3 Å². The van der Waals surface area contributed by atoms with E-state index in [0.29, 0.717) is 16.9 Å². The van der Waals surface area contributed by atoms with Gasteiger partial charge in [-0.05, 0) is 30.2 Å². The molecule has 0 spiro atoms. The van der Waals surface area contributed by atoms with Gasteiger partial charge in [0.2, 0.25) is 5.91 Å². The zero-order valence-electron chi connectivity index (χ0n) is 12.1. The number of hydrogen-bond acceptors (Lipinski definition) is 6. The quantitative estimate of drug-likeness (QED) is 0.686. The van der Waals surface area contributed by atoms with Crippen LogP contribution in [-0.2, 0) is 11.2 Å². The number of thioether (sulfide) groups is 1. The maximum absolute atomic E-state index is 12.4. The molecule has 0 N–H and O–H groups in total. The molecule has 3 aromatic rings. The Morgan fingerprint density at radius 1 is 1.22 bits per heavy atom. The lowest BCUT2D eigenvalue weighted by Gasteiger charge is -2.16. The highest BCUT2D eigenvalue weighted by atomic mass is 32.2. The zero-order chi connectivity index (χ0) is 15.6. The van der Waals surface area contributed by atoms with E-state index in [1.165, 1.54) is 17.3 Å². The number of para-hydroxylation sites is 1. The molecule has 0 radical (unpaired) electrons. The van der Waals surface area contributed by atoms with Crippen LogP contribution < -0.4 is 4.90 Å². The molecular weight excluding hydrogens is 314 g/mol. The Balaban J connectivity index is 1.41. The van der Waals surface area contributed by atoms with Gasteiger partial charge in [-0.15, -0.1) is 10.2 Å². The van der Waals surface area contributed by atoms with E-state index in [4.69, 9.17) is 8.83 Å². The normalized spacial score (nSPS) is 13.3. The molecule has 0 fully saturated rings. The molecule has 1 amide bonds. The fourth-order valence-corrected chi connectivity index (χ4v) is 3.21. The Morgan fingerprint density at radius 2 is 2.13 bits per heavy atom. The first-order valence-corrected chi connectivity index (χ1v) is 8.18. The molecule has 1 aromatic carbocycles. The summed E-state index contributed by atoms with van der Waals surface area (Å²) in [5.74, 6) is 1.13. The lowest BCUT2D eigenvalue weighted by atomic mass is 10.2. The number of nitrogens with zero attached hydrogens (tertiary/aromatic N) is 3. The highest BCUT2D eigenvalue weighted by Crippen LogP contribution is 2.29. The maximum atomic E-state index is 12.4. The molecule has 0 atom stereocenters. The number of hydrogen-bond donors (Lipinski definition) is 0. The Labute approximate surface area is 136 Å². The molecule has 3 heterocycles. The number of fused-ring (bicyclic) bond motifs is 1. The van der Waals surface area contributed by atoms with Crippen molar-refractivity contribution in [3.05, 3.63) is 48.2 Å². The minimum atomic E-state index is 0.0395. The predicted octanol–water partition coefficient (Wildman–Crippen LogP) is 3.01. The Kier molecular flexibility index (Phi) is 3.63. The third-order valence-electron chi connectivity index (χ3n) is 3.65. The fourth-order valence-electron chi connectivity index (χ4n) is 2.57. The number of benzene rings is 1. The standard InChI is InChI=1S/C16H13N3O3S/c20-14(19-8-7-11-4-1-2-5-12(11)19)10-23-16-18-17-15(22-16)13-6-3-9-21-13/h1-6,9H,7-8,10H2. The number of furan rings is 1. The molecule has 6 nitrogen and oxygen atoms in total. The van der Waals surface area contributed by atoms with Gasteiger partial charge in [-0.1, -0.05) is 30.0 Å². The Bertz CT molecular complexity index is 829. The number of anilines is 1. The first-order valence-electron chi connectivity index (χ1n) is 7.20. The van der Waals surface area contributed by atoms with Crippen molar-refractivity contribution in [2.45, 2.75) is 11.6 Å². The van der Waals surface area contributed by atoms with E-state index in [9.17, 15) is 4.79 Å². The fraction of sp³-hybridized carbons (Fsp3) is 0.188. The van der Waals surface area contributed by atoms with E-state index in [1.807, 2.05) is 23.1 Å². The molecule has 1 aliphatic heterocycles. The van der Waals surface area contributed by atoms with Crippen LogP contribution in [0.25, 0.3) is 11.7 Å². The van der Waals surface area contributed by atoms with E-state index in [-0.39, 0.29) is 11.7 Å². The van der Waals surface area contributed by atoms with Crippen LogP contribution in [0.15, 0.2) is 56.7 Å². The summed E-state index contributed by atoms with van der Waals surface area (Å²) in [4.78, 5) is 14.2. The molecule has 116 valence electrons. The molecule has 4 rings (SSSR count). The van der Waals surface area contributed by atoms with Gasteiger partial charge in [0.15, 0.2) is 5.76 Å². The first kappa shape index (κ1) is 14.1. The molecule has 0 unspecified atom stereocenters. The molecule has 0 saturated heterocycles. The second-order valence-corrected chi connectivity index (χ2v) is 5.99. The number of rotatable bonds is 4. The largest absolute Gasteiger partial charge is 0.459 e. The number of aromatic nitrogens is 2. The lowest BCUT2D eigenvalue weighted by molar-refractivity contribution is -0.116. The summed E-state index contributed by atoms with van der Waals surface area (Å²) in [7, 11) is 0. The molecule has 2 aromatic heterocycles. The van der Waals surface area contributed by atoms with Gasteiger partial charge >= 0.3 is 0 Å². The zero-order valence-corrected chi connectivity index (χ0v) is 13.0. The van der Waals surface area contributed by atoms with Crippen LogP contribution in [0, 0.1) is 0 Å². The van der Waals surface area contributed by atoms with Crippen molar-refractivity contribution in [2.75, 3.05) is 17.2 Å². The summed E-state index contributed by atoms with van der Waals surface area (Å²) in [6.45, 7) is 0.722. The monoisotopic (exact) mass is 327 g/mol. The van der Waals surface area contributed by atoms with Crippen molar-refractivity contribution < 1.29 is 13.6 Å². The van der Waals surface area contributed by atoms with Crippen molar-refractivity contribution in [3.8, 4) is 11.7 Å². The summed E-state index contributed by atoms with van der Waals surface area (Å²) in [5.41, 5.74) is 2.21. The molecule has 0 aliphatic carbocycles. The van der Waals surface area contributed by atoms with E-state index >= 15 is 0 Å². The highest BCUT2D eigenvalue weighted by molar-refractivity contribution is 7.99. The van der Waals surface area contributed by atoms with Gasteiger partial charge in [-0.2, -0.15) is 0 Å². The summed E-state index contributed by atoms with van der Waals surface area (Å²) in [5, 5.41) is 8.20. The third-order valence-corrected chi connectivity index (χ3v) is 4.45.